The van der Waals surface area contributed by atoms with Gasteiger partial charge in [0.2, 0.25) is 12.6 Å². The monoisotopic (exact) mass is 1300 g/mol. The highest BCUT2D eigenvalue weighted by atomic mass is 35.5. The molecule has 0 saturated heterocycles. The Bertz CT molecular complexity index is 2840. The number of hydrogen-bond donors (Lipinski definition) is 4. The zero-order valence-corrected chi connectivity index (χ0v) is 54.1. The van der Waals surface area contributed by atoms with E-state index in [1.807, 2.05) is 24.3 Å². The molecule has 23 heteroatoms. The lowest BCUT2D eigenvalue weighted by Crippen LogP contribution is -2.43. The molecule has 0 spiro atoms. The Balaban J connectivity index is 0.000000460. The molecule has 2 aliphatic rings. The van der Waals surface area contributed by atoms with Gasteiger partial charge in [0.05, 0.1) is 6.54 Å². The van der Waals surface area contributed by atoms with E-state index < -0.39 is 71.9 Å². The third-order valence-electron chi connectivity index (χ3n) is 14.2. The van der Waals surface area contributed by atoms with Crippen molar-refractivity contribution >= 4 is 77.8 Å². The minimum Gasteiger partial charge on any atom is -0.476 e. The van der Waals surface area contributed by atoms with E-state index in [0.29, 0.717) is 58.6 Å². The SMILES string of the molecule is C.CC(OC(=O)OC(CN)C1CCCCC1)OC(=O)C(C)(C)Oc1ccc(CCNC(=O)c2ccc(Cl)cc2)cc1.CC(OC(=O)OC(CNC(=O)OC(C)(C)C)C1CCCCC1)OC(=O)C(C)(C)Oc1ccc(CCNC(=O)c2ccc(Cl)cc2)cc1.Cl. The Morgan fingerprint density at radius 3 is 1.22 bits per heavy atom. The average molecular weight is 1300 g/mol. The van der Waals surface area contributed by atoms with E-state index >= 15 is 0 Å². The summed E-state index contributed by atoms with van der Waals surface area (Å²) in [5.74, 6) is -0.651. The summed E-state index contributed by atoms with van der Waals surface area (Å²) in [5.41, 5.74) is 5.40. The largest absolute Gasteiger partial charge is 0.511 e. The normalized spacial score (nSPS) is 14.9. The molecule has 4 unspecified atom stereocenters. The van der Waals surface area contributed by atoms with Crippen LogP contribution in [0.3, 0.4) is 0 Å². The van der Waals surface area contributed by atoms with E-state index in [4.69, 9.17) is 71.6 Å². The summed E-state index contributed by atoms with van der Waals surface area (Å²) in [7, 11) is 0. The van der Waals surface area contributed by atoms with Crippen molar-refractivity contribution in [3.8, 4) is 11.5 Å². The first-order valence-electron chi connectivity index (χ1n) is 29.7. The quantitative estimate of drug-likeness (QED) is 0.0273. The third-order valence-corrected chi connectivity index (χ3v) is 14.7. The summed E-state index contributed by atoms with van der Waals surface area (Å²) in [5, 5.41) is 9.56. The van der Waals surface area contributed by atoms with Crippen LogP contribution in [-0.4, -0.2) is 110 Å². The molecule has 89 heavy (non-hydrogen) atoms. The summed E-state index contributed by atoms with van der Waals surface area (Å²) in [6, 6.07) is 27.6. The molecule has 4 aromatic rings. The first-order valence-corrected chi connectivity index (χ1v) is 30.4. The summed E-state index contributed by atoms with van der Waals surface area (Å²) in [4.78, 5) is 87.4. The number of carbonyl (C=O) groups excluding carboxylic acids is 7. The summed E-state index contributed by atoms with van der Waals surface area (Å²) < 4.78 is 49.1. The molecule has 6 rings (SSSR count). The minimum atomic E-state index is -1.41. The molecule has 0 aromatic heterocycles. The Morgan fingerprint density at radius 2 is 0.865 bits per heavy atom. The second-order valence-electron chi connectivity index (χ2n) is 23.4. The van der Waals surface area contributed by atoms with E-state index in [0.717, 1.165) is 68.9 Å². The maximum absolute atomic E-state index is 12.9. The molecular formula is C66H91Cl3N4O16. The van der Waals surface area contributed by atoms with Crippen LogP contribution in [-0.2, 0) is 55.6 Å². The van der Waals surface area contributed by atoms with Gasteiger partial charge in [0.15, 0.2) is 11.2 Å². The van der Waals surface area contributed by atoms with E-state index in [1.54, 1.807) is 121 Å². The highest BCUT2D eigenvalue weighted by Crippen LogP contribution is 2.30. The number of carbonyl (C=O) groups is 7. The van der Waals surface area contributed by atoms with Crippen LogP contribution in [0.15, 0.2) is 97.1 Å². The zero-order valence-electron chi connectivity index (χ0n) is 51.8. The molecule has 20 nitrogen and oxygen atoms in total. The molecule has 0 heterocycles. The second-order valence-corrected chi connectivity index (χ2v) is 24.3. The average Bonchev–Trinajstić information content (AvgIpc) is 3.68. The lowest BCUT2D eigenvalue weighted by atomic mass is 9.85. The molecule has 0 radical (unpaired) electrons. The molecule has 0 aliphatic heterocycles. The van der Waals surface area contributed by atoms with Crippen LogP contribution in [0, 0.1) is 11.8 Å². The Kier molecular flexibility index (Phi) is 31.9. The van der Waals surface area contributed by atoms with E-state index in [-0.39, 0.29) is 56.6 Å². The number of hydrogen-bond acceptors (Lipinski definition) is 17. The molecule has 2 aliphatic carbocycles. The molecule has 5 N–H and O–H groups in total. The number of alkyl carbamates (subject to hydrolysis) is 1. The van der Waals surface area contributed by atoms with Crippen molar-refractivity contribution in [3.63, 3.8) is 0 Å². The molecular weight excluding hydrogens is 1210 g/mol. The Hall–Kier alpha value is -7.00. The molecule has 492 valence electrons. The molecule has 3 amide bonds. The number of nitrogens with two attached hydrogens (primary N) is 1. The van der Waals surface area contributed by atoms with Gasteiger partial charge in [0.25, 0.3) is 11.8 Å². The van der Waals surface area contributed by atoms with E-state index in [1.165, 1.54) is 20.3 Å². The number of nitrogens with one attached hydrogen (secondary N) is 3. The van der Waals surface area contributed by atoms with Crippen LogP contribution in [0.5, 0.6) is 11.5 Å². The Labute approximate surface area is 540 Å². The number of halogens is 3. The molecule has 0 bridgehead atoms. The lowest BCUT2D eigenvalue weighted by Gasteiger charge is -2.30. The van der Waals surface area contributed by atoms with Crippen molar-refractivity contribution in [3.05, 3.63) is 129 Å². The predicted octanol–water partition coefficient (Wildman–Crippen LogP) is 13.5. The fourth-order valence-corrected chi connectivity index (χ4v) is 9.78. The highest BCUT2D eigenvalue weighted by molar-refractivity contribution is 6.31. The zero-order chi connectivity index (χ0) is 63.7. The standard InChI is InChI=1S/C35H47ClN2O9.C30H39ClN2O7.CH4.ClH/c1-23(44-33(42)45-29(25-10-8-7-9-11-25)22-38-32(41)47-34(2,3)4)43-31(40)35(5,6)46-28-18-12-24(13-19-28)20-21-37-30(39)26-14-16-27(36)17-15-26;1-20(38-29(36)39-26(19-32)22-7-5-4-6-8-22)37-28(35)30(2,3)40-25-15-9-21(10-16-25)17-18-33-27(34)23-11-13-24(31)14-12-23;;/h12-19,23,25,29H,7-11,20-22H2,1-6H3,(H,37,39)(H,38,41);9-16,20,22,26H,4-8,17-19,32H2,1-3H3,(H,33,34);1H4;1H. The van der Waals surface area contributed by atoms with Gasteiger partial charge in [-0.3, -0.25) is 9.59 Å². The first-order chi connectivity index (χ1) is 41.2. The van der Waals surface area contributed by atoms with Gasteiger partial charge in [0, 0.05) is 54.7 Å². The van der Waals surface area contributed by atoms with Crippen molar-refractivity contribution < 1.29 is 76.2 Å². The number of esters is 2. The molecule has 2 fully saturated rings. The van der Waals surface area contributed by atoms with Crippen molar-refractivity contribution in [1.82, 2.24) is 16.0 Å². The van der Waals surface area contributed by atoms with Crippen LogP contribution < -0.4 is 31.2 Å². The maximum Gasteiger partial charge on any atom is 0.511 e. The molecule has 2 saturated carbocycles. The topological polar surface area (TPSA) is 265 Å². The fourth-order valence-electron chi connectivity index (χ4n) is 9.53. The van der Waals surface area contributed by atoms with Crippen LogP contribution in [0.1, 0.15) is 166 Å². The highest BCUT2D eigenvalue weighted by Gasteiger charge is 2.37. The van der Waals surface area contributed by atoms with Gasteiger partial charge in [-0.05, 0) is 183 Å². The van der Waals surface area contributed by atoms with Crippen LogP contribution in [0.25, 0.3) is 0 Å². The molecule has 4 atom stereocenters. The first kappa shape index (κ1) is 76.2. The van der Waals surface area contributed by atoms with Crippen LogP contribution in [0.4, 0.5) is 14.4 Å². The van der Waals surface area contributed by atoms with Crippen molar-refractivity contribution in [2.24, 2.45) is 17.6 Å². The van der Waals surface area contributed by atoms with E-state index in [9.17, 15) is 33.6 Å². The third kappa shape index (κ3) is 27.7. The number of amides is 3. The number of benzene rings is 4. The molecule has 4 aromatic carbocycles. The van der Waals surface area contributed by atoms with Gasteiger partial charge in [0.1, 0.15) is 29.3 Å². The van der Waals surface area contributed by atoms with Crippen molar-refractivity contribution in [1.29, 1.82) is 0 Å². The fraction of sp³-hybridized carbons (Fsp3) is 0.530. The van der Waals surface area contributed by atoms with Gasteiger partial charge in [-0.2, -0.15) is 0 Å². The van der Waals surface area contributed by atoms with Gasteiger partial charge >= 0.3 is 30.3 Å². The van der Waals surface area contributed by atoms with Gasteiger partial charge < -0.3 is 64.3 Å². The van der Waals surface area contributed by atoms with Crippen molar-refractivity contribution in [2.75, 3.05) is 26.2 Å². The summed E-state index contributed by atoms with van der Waals surface area (Å²) in [6.45, 7) is 15.5. The van der Waals surface area contributed by atoms with Crippen LogP contribution in [0.2, 0.25) is 10.0 Å². The summed E-state index contributed by atoms with van der Waals surface area (Å²) in [6.07, 6.45) is 5.32. The lowest BCUT2D eigenvalue weighted by molar-refractivity contribution is -0.185. The minimum absolute atomic E-state index is 0. The second kappa shape index (κ2) is 37.2. The van der Waals surface area contributed by atoms with Crippen molar-refractivity contribution in [2.45, 2.75) is 188 Å². The van der Waals surface area contributed by atoms with Crippen LogP contribution >= 0.6 is 35.6 Å². The summed E-state index contributed by atoms with van der Waals surface area (Å²) >= 11 is 11.7. The predicted molar refractivity (Wildman–Crippen MR) is 342 cm³/mol. The number of rotatable bonds is 25. The van der Waals surface area contributed by atoms with E-state index in [2.05, 4.69) is 16.0 Å². The van der Waals surface area contributed by atoms with Gasteiger partial charge in [-0.25, -0.2) is 24.0 Å². The van der Waals surface area contributed by atoms with Gasteiger partial charge in [-0.15, -0.1) is 12.4 Å². The number of ether oxygens (including phenoxy) is 9. The van der Waals surface area contributed by atoms with Gasteiger partial charge in [-0.1, -0.05) is 93.4 Å². The smallest absolute Gasteiger partial charge is 0.476 e. The maximum atomic E-state index is 12.9. The Morgan fingerprint density at radius 1 is 0.506 bits per heavy atom.